The molecule has 0 spiro atoms. The van der Waals surface area contributed by atoms with E-state index < -0.39 is 0 Å². The van der Waals surface area contributed by atoms with Gasteiger partial charge < -0.3 is 15.5 Å². The van der Waals surface area contributed by atoms with Gasteiger partial charge in [0, 0.05) is 54.7 Å². The fraction of sp³-hybridized carbons (Fsp3) is 0.625. The summed E-state index contributed by atoms with van der Waals surface area (Å²) in [5, 5.41) is 14.7. The maximum atomic E-state index is 12.6. The maximum absolute atomic E-state index is 12.6. The predicted molar refractivity (Wildman–Crippen MR) is 133 cm³/mol. The molecule has 2 aromatic rings. The third-order valence-electron chi connectivity index (χ3n) is 6.61. The van der Waals surface area contributed by atoms with Crippen molar-refractivity contribution in [3.05, 3.63) is 29.2 Å². The Hall–Kier alpha value is -2.16. The number of carbonyl (C=O) groups excluding carboxylic acids is 1. The summed E-state index contributed by atoms with van der Waals surface area (Å²) in [5.41, 5.74) is 3.22. The van der Waals surface area contributed by atoms with Gasteiger partial charge in [-0.3, -0.25) is 10.00 Å². The molecule has 8 nitrogen and oxygen atoms in total. The Balaban J connectivity index is 1.32. The Morgan fingerprint density at radius 1 is 1.18 bits per heavy atom. The van der Waals surface area contributed by atoms with Crippen LogP contribution < -0.4 is 16.0 Å². The summed E-state index contributed by atoms with van der Waals surface area (Å²) in [6.07, 6.45) is 8.50. The summed E-state index contributed by atoms with van der Waals surface area (Å²) in [7, 11) is 4.17. The summed E-state index contributed by atoms with van der Waals surface area (Å²) < 4.78 is 2.05. The van der Waals surface area contributed by atoms with E-state index in [9.17, 15) is 4.79 Å². The third kappa shape index (κ3) is 6.05. The number of anilines is 1. The van der Waals surface area contributed by atoms with Gasteiger partial charge in [0.2, 0.25) is 0 Å². The quantitative estimate of drug-likeness (QED) is 0.569. The summed E-state index contributed by atoms with van der Waals surface area (Å²) in [6.45, 7) is 7.41. The Kier molecular flexibility index (Phi) is 7.26. The van der Waals surface area contributed by atoms with E-state index in [4.69, 9.17) is 11.6 Å². The molecular weight excluding hydrogens is 438 g/mol. The smallest absolute Gasteiger partial charge is 0.320 e. The predicted octanol–water partition coefficient (Wildman–Crippen LogP) is 3.76. The fourth-order valence-electron chi connectivity index (χ4n) is 4.86. The largest absolute Gasteiger partial charge is 0.335 e. The van der Waals surface area contributed by atoms with E-state index in [2.05, 4.69) is 63.6 Å². The summed E-state index contributed by atoms with van der Waals surface area (Å²) in [4.78, 5) is 19.1. The highest BCUT2D eigenvalue weighted by Crippen LogP contribution is 2.39. The number of nitrogens with zero attached hydrogens (tertiary/aromatic N) is 4. The van der Waals surface area contributed by atoms with E-state index in [-0.39, 0.29) is 17.5 Å². The lowest BCUT2D eigenvalue weighted by molar-refractivity contribution is 0.239. The lowest BCUT2D eigenvalue weighted by Crippen LogP contribution is -2.44. The molecule has 0 radical (unpaired) electrons. The molecule has 1 saturated carbocycles. The second kappa shape index (κ2) is 9.99. The summed E-state index contributed by atoms with van der Waals surface area (Å²) in [6, 6.07) is 2.34. The zero-order valence-corrected chi connectivity index (χ0v) is 20.9. The minimum absolute atomic E-state index is 0.180. The van der Waals surface area contributed by atoms with E-state index >= 15 is 0 Å². The average Bonchev–Trinajstić information content (AvgIpc) is 3.25. The lowest BCUT2D eigenvalue weighted by atomic mass is 9.89. The van der Waals surface area contributed by atoms with Crippen LogP contribution in [-0.4, -0.2) is 65.0 Å². The van der Waals surface area contributed by atoms with Gasteiger partial charge in [0.05, 0.1) is 11.2 Å². The second-order valence-electron chi connectivity index (χ2n) is 10.5. The van der Waals surface area contributed by atoms with E-state index in [1.54, 1.807) is 6.20 Å². The number of fused-ring (bicyclic) bond motifs is 1. The van der Waals surface area contributed by atoms with E-state index in [1.165, 1.54) is 5.69 Å². The number of carbonyl (C=O) groups is 1. The molecule has 2 aromatic heterocycles. The maximum Gasteiger partial charge on any atom is 0.320 e. The van der Waals surface area contributed by atoms with Gasteiger partial charge in [-0.25, -0.2) is 9.78 Å². The van der Waals surface area contributed by atoms with Crippen LogP contribution in [0.15, 0.2) is 18.5 Å². The standard InChI is InChI=1S/C24H36ClN7O/c1-24(2)12-21-19(13-28-32(21)15-24)18-11-22(27-14-20(18)25)30-23(33)29-17-7-5-16(6-8-17)26-9-10-31(3)4/h11,13-14,16-17,26H,5-10,12,15H2,1-4H3,(H2,27,29,30,33). The molecule has 4 rings (SSSR count). The van der Waals surface area contributed by atoms with Crippen LogP contribution in [0.1, 0.15) is 45.2 Å². The monoisotopic (exact) mass is 473 g/mol. The average molecular weight is 474 g/mol. The summed E-state index contributed by atoms with van der Waals surface area (Å²) >= 11 is 6.48. The molecule has 0 saturated heterocycles. The van der Waals surface area contributed by atoms with Gasteiger partial charge in [-0.05, 0) is 57.7 Å². The van der Waals surface area contributed by atoms with Crippen LogP contribution in [0.2, 0.25) is 5.02 Å². The van der Waals surface area contributed by atoms with Gasteiger partial charge in [-0.15, -0.1) is 0 Å². The molecule has 180 valence electrons. The van der Waals surface area contributed by atoms with Gasteiger partial charge in [0.15, 0.2) is 0 Å². The number of hydrogen-bond donors (Lipinski definition) is 3. The van der Waals surface area contributed by atoms with E-state index in [0.29, 0.717) is 16.9 Å². The van der Waals surface area contributed by atoms with E-state index in [0.717, 1.165) is 62.9 Å². The fourth-order valence-corrected chi connectivity index (χ4v) is 5.06. The first kappa shape index (κ1) is 24.0. The van der Waals surface area contributed by atoms with Crippen LogP contribution in [0.25, 0.3) is 11.1 Å². The molecule has 0 unspecified atom stereocenters. The lowest BCUT2D eigenvalue weighted by Gasteiger charge is -2.30. The Labute approximate surface area is 201 Å². The number of rotatable bonds is 7. The highest BCUT2D eigenvalue weighted by molar-refractivity contribution is 6.33. The minimum Gasteiger partial charge on any atom is -0.335 e. The molecule has 2 amide bonds. The second-order valence-corrected chi connectivity index (χ2v) is 10.9. The van der Waals surface area contributed by atoms with Crippen molar-refractivity contribution in [1.29, 1.82) is 0 Å². The normalized spacial score (nSPS) is 21.8. The van der Waals surface area contributed by atoms with Gasteiger partial charge in [0.25, 0.3) is 0 Å². The van der Waals surface area contributed by atoms with Crippen LogP contribution in [0.5, 0.6) is 0 Å². The molecule has 33 heavy (non-hydrogen) atoms. The van der Waals surface area contributed by atoms with Gasteiger partial charge in [0.1, 0.15) is 5.82 Å². The van der Waals surface area contributed by atoms with Crippen LogP contribution >= 0.6 is 11.6 Å². The minimum atomic E-state index is -0.221. The topological polar surface area (TPSA) is 87.1 Å². The number of urea groups is 1. The first-order valence-electron chi connectivity index (χ1n) is 11.9. The molecule has 9 heteroatoms. The molecule has 3 N–H and O–H groups in total. The van der Waals surface area contributed by atoms with Crippen LogP contribution in [0, 0.1) is 5.41 Å². The molecule has 0 bridgehead atoms. The molecule has 0 aromatic carbocycles. The number of amides is 2. The molecule has 1 aliphatic carbocycles. The molecular formula is C24H36ClN7O. The Morgan fingerprint density at radius 3 is 2.64 bits per heavy atom. The van der Waals surface area contributed by atoms with Crippen molar-refractivity contribution >= 4 is 23.4 Å². The SMILES string of the molecule is CN(C)CCNC1CCC(NC(=O)Nc2cc(-c3cnn4c3CC(C)(C)C4)c(Cl)cn2)CC1. The number of hydrogen-bond acceptors (Lipinski definition) is 5. The number of pyridine rings is 1. The molecule has 1 aliphatic heterocycles. The summed E-state index contributed by atoms with van der Waals surface area (Å²) in [5.74, 6) is 0.489. The van der Waals surface area contributed by atoms with Crippen LogP contribution in [0.4, 0.5) is 10.6 Å². The van der Waals surface area contributed by atoms with Crippen molar-refractivity contribution in [3.63, 3.8) is 0 Å². The van der Waals surface area contributed by atoms with Crippen molar-refractivity contribution in [3.8, 4) is 11.1 Å². The van der Waals surface area contributed by atoms with E-state index in [1.807, 2.05) is 12.3 Å². The van der Waals surface area contributed by atoms with Crippen LogP contribution in [-0.2, 0) is 13.0 Å². The van der Waals surface area contributed by atoms with Gasteiger partial charge in [-0.2, -0.15) is 5.10 Å². The highest BCUT2D eigenvalue weighted by Gasteiger charge is 2.32. The molecule has 3 heterocycles. The van der Waals surface area contributed by atoms with Crippen molar-refractivity contribution in [1.82, 2.24) is 30.3 Å². The third-order valence-corrected chi connectivity index (χ3v) is 6.92. The van der Waals surface area contributed by atoms with Gasteiger partial charge in [-0.1, -0.05) is 25.4 Å². The van der Waals surface area contributed by atoms with Crippen molar-refractivity contribution in [2.24, 2.45) is 5.41 Å². The number of nitrogens with one attached hydrogen (secondary N) is 3. The van der Waals surface area contributed by atoms with Crippen molar-refractivity contribution in [2.45, 2.75) is 64.6 Å². The zero-order chi connectivity index (χ0) is 23.6. The Morgan fingerprint density at radius 2 is 1.91 bits per heavy atom. The van der Waals surface area contributed by atoms with Crippen LogP contribution in [0.3, 0.4) is 0 Å². The number of halogens is 1. The highest BCUT2D eigenvalue weighted by atomic mass is 35.5. The molecule has 0 atom stereocenters. The molecule has 1 fully saturated rings. The first-order valence-corrected chi connectivity index (χ1v) is 12.2. The first-order chi connectivity index (χ1) is 15.7. The van der Waals surface area contributed by atoms with Gasteiger partial charge >= 0.3 is 6.03 Å². The van der Waals surface area contributed by atoms with Crippen molar-refractivity contribution in [2.75, 3.05) is 32.5 Å². The Bertz CT molecular complexity index is 979. The zero-order valence-electron chi connectivity index (χ0n) is 20.1. The molecule has 2 aliphatic rings. The van der Waals surface area contributed by atoms with Crippen molar-refractivity contribution < 1.29 is 4.79 Å². The number of likely N-dealkylation sites (N-methyl/N-ethyl adjacent to an activating group) is 1. The number of aromatic nitrogens is 3.